The standard InChI is InChI=1S/C22H14Br2O3/c23-18-9-5-16(6-10-18)21(25)13-4-15-2-1-3-20(14-15)27-22(26)17-7-11-19(24)12-8-17/h1-14H. The summed E-state index contributed by atoms with van der Waals surface area (Å²) in [5, 5.41) is 0. The predicted molar refractivity (Wildman–Crippen MR) is 113 cm³/mol. The Labute approximate surface area is 173 Å². The van der Waals surface area contributed by atoms with Crippen LogP contribution in [0.25, 0.3) is 6.08 Å². The highest BCUT2D eigenvalue weighted by Gasteiger charge is 2.08. The van der Waals surface area contributed by atoms with Crippen LogP contribution < -0.4 is 4.74 Å². The Balaban J connectivity index is 1.69. The van der Waals surface area contributed by atoms with Gasteiger partial charge in [-0.3, -0.25) is 4.79 Å². The number of hydrogen-bond acceptors (Lipinski definition) is 3. The van der Waals surface area contributed by atoms with Crippen LogP contribution in [0.4, 0.5) is 0 Å². The SMILES string of the molecule is O=C(C=Cc1cccc(OC(=O)c2ccc(Br)cc2)c1)c1ccc(Br)cc1. The molecule has 0 radical (unpaired) electrons. The van der Waals surface area contributed by atoms with Gasteiger partial charge in [-0.25, -0.2) is 4.79 Å². The molecule has 0 unspecified atom stereocenters. The third-order valence-electron chi connectivity index (χ3n) is 3.70. The van der Waals surface area contributed by atoms with Gasteiger partial charge in [0.25, 0.3) is 0 Å². The molecule has 0 aromatic heterocycles. The highest BCUT2D eigenvalue weighted by Crippen LogP contribution is 2.18. The van der Waals surface area contributed by atoms with E-state index in [4.69, 9.17) is 4.74 Å². The highest BCUT2D eigenvalue weighted by molar-refractivity contribution is 9.10. The van der Waals surface area contributed by atoms with Crippen LogP contribution in [-0.4, -0.2) is 11.8 Å². The van der Waals surface area contributed by atoms with E-state index in [1.807, 2.05) is 18.2 Å². The summed E-state index contributed by atoms with van der Waals surface area (Å²) in [5.74, 6) is -0.115. The Morgan fingerprint density at radius 1 is 0.778 bits per heavy atom. The first kappa shape index (κ1) is 19.3. The molecule has 0 atom stereocenters. The van der Waals surface area contributed by atoms with Crippen LogP contribution in [-0.2, 0) is 0 Å². The molecule has 3 rings (SSSR count). The fourth-order valence-electron chi connectivity index (χ4n) is 2.32. The smallest absolute Gasteiger partial charge is 0.343 e. The van der Waals surface area contributed by atoms with E-state index in [1.54, 1.807) is 60.7 Å². The summed E-state index contributed by atoms with van der Waals surface area (Å²) in [6.45, 7) is 0. The fraction of sp³-hybridized carbons (Fsp3) is 0. The number of carbonyl (C=O) groups excluding carboxylic acids is 2. The molecule has 3 aromatic rings. The van der Waals surface area contributed by atoms with E-state index < -0.39 is 5.97 Å². The van der Waals surface area contributed by atoms with Crippen LogP contribution in [0.2, 0.25) is 0 Å². The monoisotopic (exact) mass is 484 g/mol. The van der Waals surface area contributed by atoms with Gasteiger partial charge < -0.3 is 4.74 Å². The second-order valence-electron chi connectivity index (χ2n) is 5.67. The summed E-state index contributed by atoms with van der Waals surface area (Å²) >= 11 is 6.68. The molecule has 0 spiro atoms. The van der Waals surface area contributed by atoms with Gasteiger partial charge in [-0.2, -0.15) is 0 Å². The van der Waals surface area contributed by atoms with Crippen molar-refractivity contribution in [2.45, 2.75) is 0 Å². The molecular weight excluding hydrogens is 472 g/mol. The third kappa shape index (κ3) is 5.49. The summed E-state index contributed by atoms with van der Waals surface area (Å²) in [6, 6.07) is 21.1. The van der Waals surface area contributed by atoms with E-state index in [9.17, 15) is 9.59 Å². The molecule has 0 N–H and O–H groups in total. The summed E-state index contributed by atoms with van der Waals surface area (Å²) in [6.07, 6.45) is 3.19. The quantitative estimate of drug-likeness (QED) is 0.183. The first-order valence-corrected chi connectivity index (χ1v) is 9.66. The minimum Gasteiger partial charge on any atom is -0.423 e. The Morgan fingerprint density at radius 3 is 2.00 bits per heavy atom. The zero-order chi connectivity index (χ0) is 19.2. The van der Waals surface area contributed by atoms with Gasteiger partial charge in [-0.15, -0.1) is 0 Å². The lowest BCUT2D eigenvalue weighted by atomic mass is 10.1. The topological polar surface area (TPSA) is 43.4 Å². The lowest BCUT2D eigenvalue weighted by Crippen LogP contribution is -2.08. The number of ether oxygens (including phenoxy) is 1. The van der Waals surface area contributed by atoms with Crippen molar-refractivity contribution in [3.8, 4) is 5.75 Å². The fourth-order valence-corrected chi connectivity index (χ4v) is 2.84. The van der Waals surface area contributed by atoms with Gasteiger partial charge in [0.2, 0.25) is 0 Å². The maximum absolute atomic E-state index is 12.2. The van der Waals surface area contributed by atoms with Crippen molar-refractivity contribution in [1.82, 2.24) is 0 Å². The Hall–Kier alpha value is -2.50. The van der Waals surface area contributed by atoms with Crippen LogP contribution in [0.1, 0.15) is 26.3 Å². The molecule has 134 valence electrons. The van der Waals surface area contributed by atoms with Crippen molar-refractivity contribution in [2.24, 2.45) is 0 Å². The minimum absolute atomic E-state index is 0.0974. The minimum atomic E-state index is -0.436. The molecule has 0 aliphatic rings. The van der Waals surface area contributed by atoms with Gasteiger partial charge in [-0.1, -0.05) is 50.1 Å². The molecule has 3 nitrogen and oxygen atoms in total. The molecule has 0 saturated heterocycles. The zero-order valence-corrected chi connectivity index (χ0v) is 17.2. The molecule has 0 saturated carbocycles. The van der Waals surface area contributed by atoms with Crippen molar-refractivity contribution in [3.05, 3.63) is 105 Å². The average Bonchev–Trinajstić information content (AvgIpc) is 2.67. The average molecular weight is 486 g/mol. The first-order valence-electron chi connectivity index (χ1n) is 8.07. The van der Waals surface area contributed by atoms with Crippen molar-refractivity contribution in [1.29, 1.82) is 0 Å². The molecule has 3 aromatic carbocycles. The van der Waals surface area contributed by atoms with Gasteiger partial charge in [0.1, 0.15) is 5.75 Å². The second-order valence-corrected chi connectivity index (χ2v) is 7.50. The molecule has 0 aliphatic heterocycles. The normalized spacial score (nSPS) is 10.7. The summed E-state index contributed by atoms with van der Waals surface area (Å²) < 4.78 is 7.22. The first-order chi connectivity index (χ1) is 13.0. The number of esters is 1. The van der Waals surface area contributed by atoms with E-state index in [0.717, 1.165) is 14.5 Å². The number of hydrogen-bond donors (Lipinski definition) is 0. The summed E-state index contributed by atoms with van der Waals surface area (Å²) in [4.78, 5) is 24.4. The summed E-state index contributed by atoms with van der Waals surface area (Å²) in [5.41, 5.74) is 1.83. The van der Waals surface area contributed by atoms with Gasteiger partial charge in [0.15, 0.2) is 5.78 Å². The number of benzene rings is 3. The number of halogens is 2. The maximum atomic E-state index is 12.2. The number of allylic oxidation sites excluding steroid dienone is 1. The van der Waals surface area contributed by atoms with Gasteiger partial charge in [-0.05, 0) is 72.3 Å². The van der Waals surface area contributed by atoms with Crippen LogP contribution in [0.3, 0.4) is 0 Å². The molecule has 0 heterocycles. The molecular formula is C22H14Br2O3. The predicted octanol–water partition coefficient (Wildman–Crippen LogP) is 6.33. The number of rotatable bonds is 5. The van der Waals surface area contributed by atoms with Crippen LogP contribution in [0.5, 0.6) is 5.75 Å². The van der Waals surface area contributed by atoms with Crippen molar-refractivity contribution in [3.63, 3.8) is 0 Å². The van der Waals surface area contributed by atoms with Crippen molar-refractivity contribution < 1.29 is 14.3 Å². The van der Waals surface area contributed by atoms with Crippen LogP contribution in [0, 0.1) is 0 Å². The molecule has 5 heteroatoms. The number of ketones is 1. The molecule has 0 aliphatic carbocycles. The molecule has 27 heavy (non-hydrogen) atoms. The van der Waals surface area contributed by atoms with E-state index >= 15 is 0 Å². The maximum Gasteiger partial charge on any atom is 0.343 e. The summed E-state index contributed by atoms with van der Waals surface area (Å²) in [7, 11) is 0. The lowest BCUT2D eigenvalue weighted by Gasteiger charge is -2.05. The third-order valence-corrected chi connectivity index (χ3v) is 4.76. The van der Waals surface area contributed by atoms with Gasteiger partial charge >= 0.3 is 5.97 Å². The Kier molecular flexibility index (Phi) is 6.37. The largest absolute Gasteiger partial charge is 0.423 e. The molecule has 0 amide bonds. The van der Waals surface area contributed by atoms with E-state index in [1.165, 1.54) is 6.08 Å². The Bertz CT molecular complexity index is 991. The van der Waals surface area contributed by atoms with Crippen LogP contribution in [0.15, 0.2) is 87.8 Å². The Morgan fingerprint density at radius 2 is 1.37 bits per heavy atom. The van der Waals surface area contributed by atoms with Gasteiger partial charge in [0, 0.05) is 14.5 Å². The van der Waals surface area contributed by atoms with Crippen molar-refractivity contribution >= 4 is 49.7 Å². The van der Waals surface area contributed by atoms with Crippen molar-refractivity contribution in [2.75, 3.05) is 0 Å². The zero-order valence-electron chi connectivity index (χ0n) is 14.1. The van der Waals surface area contributed by atoms with Crippen LogP contribution >= 0.6 is 31.9 Å². The molecule has 0 bridgehead atoms. The van der Waals surface area contributed by atoms with E-state index in [-0.39, 0.29) is 5.78 Å². The number of carbonyl (C=O) groups is 2. The lowest BCUT2D eigenvalue weighted by molar-refractivity contribution is 0.0734. The van der Waals surface area contributed by atoms with E-state index in [2.05, 4.69) is 31.9 Å². The molecule has 0 fully saturated rings. The van der Waals surface area contributed by atoms with E-state index in [0.29, 0.717) is 16.9 Å². The second kappa shape index (κ2) is 8.93. The van der Waals surface area contributed by atoms with Gasteiger partial charge in [0.05, 0.1) is 5.56 Å². The highest BCUT2D eigenvalue weighted by atomic mass is 79.9.